The van der Waals surface area contributed by atoms with E-state index >= 15 is 0 Å². The molecule has 0 fully saturated rings. The number of carbonyl (C=O) groups excluding carboxylic acids is 2. The van der Waals surface area contributed by atoms with Gasteiger partial charge in [0.05, 0.1) is 26.1 Å². The number of ether oxygens (including phenoxy) is 2. The SMILES string of the molecule is CCOC(=O)CCN(CCC(=O)OCC)c1ccc(N=O)c(O)c1.Cl. The lowest BCUT2D eigenvalue weighted by Gasteiger charge is -2.24. The third kappa shape index (κ3) is 7.84. The lowest BCUT2D eigenvalue weighted by Crippen LogP contribution is -2.29. The smallest absolute Gasteiger partial charge is 0.307 e. The molecular formula is C16H23ClN2O6. The van der Waals surface area contributed by atoms with Crippen molar-refractivity contribution in [1.29, 1.82) is 0 Å². The number of nitroso groups, excluding NO2 is 1. The number of phenols is 1. The number of halogens is 1. The van der Waals surface area contributed by atoms with E-state index in [1.54, 1.807) is 24.8 Å². The fraction of sp³-hybridized carbons (Fsp3) is 0.500. The van der Waals surface area contributed by atoms with Gasteiger partial charge in [0.2, 0.25) is 0 Å². The average Bonchev–Trinajstić information content (AvgIpc) is 2.55. The molecule has 0 bridgehead atoms. The van der Waals surface area contributed by atoms with E-state index in [9.17, 15) is 19.6 Å². The minimum absolute atomic E-state index is 0. The van der Waals surface area contributed by atoms with E-state index in [4.69, 9.17) is 9.47 Å². The van der Waals surface area contributed by atoms with Crippen LogP contribution in [0.5, 0.6) is 5.75 Å². The minimum atomic E-state index is -0.353. The minimum Gasteiger partial charge on any atom is -0.505 e. The zero-order valence-corrected chi connectivity index (χ0v) is 15.1. The molecule has 0 aliphatic heterocycles. The quantitative estimate of drug-likeness (QED) is 0.495. The van der Waals surface area contributed by atoms with Gasteiger partial charge in [0.15, 0.2) is 0 Å². The van der Waals surface area contributed by atoms with E-state index in [2.05, 4.69) is 5.18 Å². The van der Waals surface area contributed by atoms with E-state index in [-0.39, 0.29) is 48.6 Å². The van der Waals surface area contributed by atoms with Gasteiger partial charge >= 0.3 is 11.9 Å². The lowest BCUT2D eigenvalue weighted by molar-refractivity contribution is -0.143. The zero-order chi connectivity index (χ0) is 17.9. The Balaban J connectivity index is 0.00000576. The highest BCUT2D eigenvalue weighted by atomic mass is 35.5. The Morgan fingerprint density at radius 2 is 1.60 bits per heavy atom. The molecule has 140 valence electrons. The molecular weight excluding hydrogens is 352 g/mol. The Morgan fingerprint density at radius 3 is 2.00 bits per heavy atom. The molecule has 0 unspecified atom stereocenters. The summed E-state index contributed by atoms with van der Waals surface area (Å²) >= 11 is 0. The number of aromatic hydroxyl groups is 1. The van der Waals surface area contributed by atoms with Crippen LogP contribution in [-0.2, 0) is 19.1 Å². The first-order valence-corrected chi connectivity index (χ1v) is 7.74. The van der Waals surface area contributed by atoms with Gasteiger partial charge in [-0.3, -0.25) is 9.59 Å². The van der Waals surface area contributed by atoms with Crippen LogP contribution in [-0.4, -0.2) is 43.3 Å². The predicted octanol–water partition coefficient (Wildman–Crippen LogP) is 2.92. The normalized spacial score (nSPS) is 9.68. The van der Waals surface area contributed by atoms with Crippen molar-refractivity contribution in [3.05, 3.63) is 23.1 Å². The van der Waals surface area contributed by atoms with Crippen LogP contribution in [0.4, 0.5) is 11.4 Å². The number of phenolic OH excluding ortho intramolecular Hbond substituents is 1. The van der Waals surface area contributed by atoms with Crippen LogP contribution < -0.4 is 4.90 Å². The number of rotatable bonds is 10. The number of anilines is 1. The van der Waals surface area contributed by atoms with Gasteiger partial charge in [0.25, 0.3) is 0 Å². The van der Waals surface area contributed by atoms with Gasteiger partial charge in [-0.25, -0.2) is 0 Å². The highest BCUT2D eigenvalue weighted by molar-refractivity contribution is 5.85. The Labute approximate surface area is 152 Å². The van der Waals surface area contributed by atoms with Crippen LogP contribution in [0.2, 0.25) is 0 Å². The Kier molecular flexibility index (Phi) is 10.9. The molecule has 1 aromatic rings. The molecule has 25 heavy (non-hydrogen) atoms. The summed E-state index contributed by atoms with van der Waals surface area (Å²) in [6.45, 7) is 4.63. The van der Waals surface area contributed by atoms with E-state index in [1.807, 2.05) is 0 Å². The maximum absolute atomic E-state index is 11.5. The molecule has 1 N–H and O–H groups in total. The zero-order valence-electron chi connectivity index (χ0n) is 14.3. The topological polar surface area (TPSA) is 106 Å². The number of hydrogen-bond donors (Lipinski definition) is 1. The van der Waals surface area contributed by atoms with Gasteiger partial charge < -0.3 is 19.5 Å². The van der Waals surface area contributed by atoms with E-state index in [1.165, 1.54) is 12.1 Å². The number of carbonyl (C=O) groups is 2. The first kappa shape index (κ1) is 22.6. The number of hydrogen-bond acceptors (Lipinski definition) is 8. The molecule has 8 nitrogen and oxygen atoms in total. The van der Waals surface area contributed by atoms with E-state index in [0.717, 1.165) is 0 Å². The molecule has 0 aliphatic rings. The summed E-state index contributed by atoms with van der Waals surface area (Å²) in [5, 5.41) is 12.5. The first-order chi connectivity index (χ1) is 11.5. The van der Waals surface area contributed by atoms with Crippen molar-refractivity contribution in [3.8, 4) is 5.75 Å². The molecule has 0 saturated carbocycles. The summed E-state index contributed by atoms with van der Waals surface area (Å²) in [6, 6.07) is 4.33. The molecule has 0 aliphatic carbocycles. The molecule has 0 spiro atoms. The summed E-state index contributed by atoms with van der Waals surface area (Å²) in [6.07, 6.45) is 0.260. The third-order valence-corrected chi connectivity index (χ3v) is 3.20. The Bertz CT molecular complexity index is 560. The van der Waals surface area contributed by atoms with Crippen LogP contribution in [0.3, 0.4) is 0 Å². The van der Waals surface area contributed by atoms with Crippen molar-refractivity contribution >= 4 is 35.7 Å². The molecule has 1 aromatic carbocycles. The van der Waals surface area contributed by atoms with Gasteiger partial charge in [-0.15, -0.1) is 17.3 Å². The maximum Gasteiger partial charge on any atom is 0.307 e. The summed E-state index contributed by atoms with van der Waals surface area (Å²) in [5.74, 6) is -0.970. The van der Waals surface area contributed by atoms with Crippen LogP contribution in [0, 0.1) is 4.91 Å². The molecule has 0 amide bonds. The monoisotopic (exact) mass is 374 g/mol. The van der Waals surface area contributed by atoms with Crippen LogP contribution in [0.25, 0.3) is 0 Å². The fourth-order valence-corrected chi connectivity index (χ4v) is 2.07. The van der Waals surface area contributed by atoms with Crippen LogP contribution >= 0.6 is 12.4 Å². The van der Waals surface area contributed by atoms with Gasteiger partial charge in [-0.2, -0.15) is 0 Å². The maximum atomic E-state index is 11.5. The van der Waals surface area contributed by atoms with Gasteiger partial charge in [-0.1, -0.05) is 0 Å². The molecule has 0 saturated heterocycles. The van der Waals surface area contributed by atoms with Crippen LogP contribution in [0.1, 0.15) is 26.7 Å². The molecule has 0 atom stereocenters. The Hall–Kier alpha value is -2.35. The number of nitrogens with zero attached hydrogens (tertiary/aromatic N) is 2. The lowest BCUT2D eigenvalue weighted by atomic mass is 10.2. The Morgan fingerprint density at radius 1 is 1.08 bits per heavy atom. The molecule has 9 heteroatoms. The summed E-state index contributed by atoms with van der Waals surface area (Å²) in [7, 11) is 0. The third-order valence-electron chi connectivity index (χ3n) is 3.20. The molecule has 1 rings (SSSR count). The second kappa shape index (κ2) is 12.1. The van der Waals surface area contributed by atoms with Gasteiger partial charge in [0.1, 0.15) is 11.4 Å². The number of esters is 2. The van der Waals surface area contributed by atoms with Crippen molar-refractivity contribution in [2.24, 2.45) is 5.18 Å². The van der Waals surface area contributed by atoms with Crippen molar-refractivity contribution in [3.63, 3.8) is 0 Å². The van der Waals surface area contributed by atoms with Crippen molar-refractivity contribution in [2.45, 2.75) is 26.7 Å². The van der Waals surface area contributed by atoms with Crippen LogP contribution in [0.15, 0.2) is 23.4 Å². The first-order valence-electron chi connectivity index (χ1n) is 7.74. The van der Waals surface area contributed by atoms with Gasteiger partial charge in [0, 0.05) is 24.8 Å². The van der Waals surface area contributed by atoms with E-state index < -0.39 is 0 Å². The molecule has 0 aromatic heterocycles. The van der Waals surface area contributed by atoms with Crippen molar-refractivity contribution in [1.82, 2.24) is 0 Å². The summed E-state index contributed by atoms with van der Waals surface area (Å²) < 4.78 is 9.78. The number of benzene rings is 1. The standard InChI is InChI=1S/C16H22N2O6.ClH/c1-3-23-15(20)7-9-18(10-8-16(21)24-4-2)12-5-6-13(17-22)14(19)11-12;/h5-6,11,19H,3-4,7-10H2,1-2H3;1H. The largest absolute Gasteiger partial charge is 0.505 e. The van der Waals surface area contributed by atoms with Crippen molar-refractivity contribution < 1.29 is 24.2 Å². The average molecular weight is 375 g/mol. The second-order valence-electron chi connectivity index (χ2n) is 4.86. The predicted molar refractivity (Wildman–Crippen MR) is 95.5 cm³/mol. The van der Waals surface area contributed by atoms with Crippen molar-refractivity contribution in [2.75, 3.05) is 31.2 Å². The summed E-state index contributed by atoms with van der Waals surface area (Å²) in [5.41, 5.74) is 0.489. The summed E-state index contributed by atoms with van der Waals surface area (Å²) in [4.78, 5) is 35.4. The highest BCUT2D eigenvalue weighted by Crippen LogP contribution is 2.31. The fourth-order valence-electron chi connectivity index (χ4n) is 2.07. The highest BCUT2D eigenvalue weighted by Gasteiger charge is 2.14. The van der Waals surface area contributed by atoms with Gasteiger partial charge in [-0.05, 0) is 31.2 Å². The molecule has 0 radical (unpaired) electrons. The van der Waals surface area contributed by atoms with E-state index in [0.29, 0.717) is 32.0 Å². The molecule has 0 heterocycles. The second-order valence-corrected chi connectivity index (χ2v) is 4.86.